The summed E-state index contributed by atoms with van der Waals surface area (Å²) >= 11 is 0. The fraction of sp³-hybridized carbons (Fsp3) is 0.167. The second-order valence-electron chi connectivity index (χ2n) is 3.41. The number of anilines is 3. The summed E-state index contributed by atoms with van der Waals surface area (Å²) < 4.78 is 0. The molecule has 3 nitrogen and oxygen atoms in total. The van der Waals surface area contributed by atoms with Crippen LogP contribution < -0.4 is 17.2 Å². The summed E-state index contributed by atoms with van der Waals surface area (Å²) in [7, 11) is 0. The quantitative estimate of drug-likeness (QED) is 0.516. The molecule has 0 bridgehead atoms. The zero-order valence-corrected chi connectivity index (χ0v) is 8.79. The van der Waals surface area contributed by atoms with Crippen LogP contribution in [0.5, 0.6) is 0 Å². The number of hydrogen-bond donors (Lipinski definition) is 3. The minimum Gasteiger partial charge on any atom is -0.398 e. The Labute approximate surface area is 90.3 Å². The maximum absolute atomic E-state index is 5.91. The van der Waals surface area contributed by atoms with Gasteiger partial charge in [-0.3, -0.25) is 0 Å². The van der Waals surface area contributed by atoms with Gasteiger partial charge in [0.1, 0.15) is 0 Å². The highest BCUT2D eigenvalue weighted by Crippen LogP contribution is 2.30. The van der Waals surface area contributed by atoms with Gasteiger partial charge in [0, 0.05) is 5.69 Å². The number of benzene rings is 1. The van der Waals surface area contributed by atoms with Gasteiger partial charge >= 0.3 is 0 Å². The summed E-state index contributed by atoms with van der Waals surface area (Å²) in [6.45, 7) is 7.39. The van der Waals surface area contributed by atoms with Gasteiger partial charge in [-0.05, 0) is 30.0 Å². The van der Waals surface area contributed by atoms with Gasteiger partial charge in [-0.2, -0.15) is 0 Å². The molecule has 0 amide bonds. The average Bonchev–Trinajstić information content (AvgIpc) is 2.20. The van der Waals surface area contributed by atoms with E-state index in [-0.39, 0.29) is 0 Å². The maximum Gasteiger partial charge on any atom is 0.0587 e. The highest BCUT2D eigenvalue weighted by molar-refractivity contribution is 5.76. The maximum atomic E-state index is 5.91. The van der Waals surface area contributed by atoms with E-state index >= 15 is 0 Å². The van der Waals surface area contributed by atoms with Crippen LogP contribution in [-0.4, -0.2) is 0 Å². The monoisotopic (exact) mass is 203 g/mol. The third-order valence-electron chi connectivity index (χ3n) is 2.36. The lowest BCUT2D eigenvalue weighted by molar-refractivity contribution is 1.16. The van der Waals surface area contributed by atoms with Crippen molar-refractivity contribution in [3.63, 3.8) is 0 Å². The molecule has 0 aliphatic carbocycles. The lowest BCUT2D eigenvalue weighted by Crippen LogP contribution is -2.07. The van der Waals surface area contributed by atoms with E-state index in [1.165, 1.54) is 0 Å². The number of rotatable bonds is 4. The summed E-state index contributed by atoms with van der Waals surface area (Å²) in [6.07, 6.45) is 4.95. The molecule has 80 valence electrons. The first kappa shape index (κ1) is 11.2. The molecule has 0 heterocycles. The molecule has 0 saturated carbocycles. The van der Waals surface area contributed by atoms with Gasteiger partial charge in [-0.1, -0.05) is 12.2 Å². The second kappa shape index (κ2) is 4.55. The van der Waals surface area contributed by atoms with E-state index in [0.717, 1.165) is 11.1 Å². The van der Waals surface area contributed by atoms with Crippen molar-refractivity contribution in [2.45, 2.75) is 12.8 Å². The molecule has 0 aromatic heterocycles. The van der Waals surface area contributed by atoms with E-state index in [9.17, 15) is 0 Å². The van der Waals surface area contributed by atoms with Crippen molar-refractivity contribution < 1.29 is 0 Å². The van der Waals surface area contributed by atoms with Crippen LogP contribution in [0.25, 0.3) is 0 Å². The van der Waals surface area contributed by atoms with Crippen molar-refractivity contribution in [1.29, 1.82) is 0 Å². The van der Waals surface area contributed by atoms with Crippen molar-refractivity contribution in [3.05, 3.63) is 42.5 Å². The van der Waals surface area contributed by atoms with Gasteiger partial charge in [0.25, 0.3) is 0 Å². The van der Waals surface area contributed by atoms with Gasteiger partial charge in [-0.25, -0.2) is 0 Å². The fourth-order valence-corrected chi connectivity index (χ4v) is 1.61. The highest BCUT2D eigenvalue weighted by atomic mass is 14.7. The van der Waals surface area contributed by atoms with Crippen LogP contribution in [0.2, 0.25) is 0 Å². The lowest BCUT2D eigenvalue weighted by Gasteiger charge is -2.14. The Morgan fingerprint density at radius 2 is 1.47 bits per heavy atom. The van der Waals surface area contributed by atoms with Gasteiger partial charge in [0.2, 0.25) is 0 Å². The van der Waals surface area contributed by atoms with E-state index < -0.39 is 0 Å². The summed E-state index contributed by atoms with van der Waals surface area (Å²) in [4.78, 5) is 0. The van der Waals surface area contributed by atoms with Crippen LogP contribution in [0.3, 0.4) is 0 Å². The molecular weight excluding hydrogens is 186 g/mol. The minimum atomic E-state index is 0.525. The zero-order valence-electron chi connectivity index (χ0n) is 8.79. The Morgan fingerprint density at radius 1 is 0.933 bits per heavy atom. The van der Waals surface area contributed by atoms with E-state index in [1.807, 2.05) is 0 Å². The van der Waals surface area contributed by atoms with E-state index in [0.29, 0.717) is 29.9 Å². The SMILES string of the molecule is C=CCc1c(N)cc(N)c(N)c1CC=C. The molecule has 0 saturated heterocycles. The van der Waals surface area contributed by atoms with Gasteiger partial charge in [-0.15, -0.1) is 13.2 Å². The molecular formula is C12H17N3. The van der Waals surface area contributed by atoms with E-state index in [2.05, 4.69) is 13.2 Å². The molecule has 3 heteroatoms. The molecule has 0 spiro atoms. The molecule has 1 rings (SSSR count). The van der Waals surface area contributed by atoms with Gasteiger partial charge in [0.15, 0.2) is 0 Å². The molecule has 1 aromatic carbocycles. The lowest BCUT2D eigenvalue weighted by atomic mass is 9.97. The third-order valence-corrected chi connectivity index (χ3v) is 2.36. The predicted molar refractivity (Wildman–Crippen MR) is 67.5 cm³/mol. The second-order valence-corrected chi connectivity index (χ2v) is 3.41. The third kappa shape index (κ3) is 2.13. The Balaban J connectivity index is 3.38. The van der Waals surface area contributed by atoms with Crippen LogP contribution in [0.15, 0.2) is 31.4 Å². The van der Waals surface area contributed by atoms with Crippen molar-refractivity contribution >= 4 is 17.1 Å². The first-order valence-electron chi connectivity index (χ1n) is 4.78. The molecule has 0 unspecified atom stereocenters. The van der Waals surface area contributed by atoms with Crippen molar-refractivity contribution in [2.24, 2.45) is 0 Å². The van der Waals surface area contributed by atoms with E-state index in [4.69, 9.17) is 17.2 Å². The topological polar surface area (TPSA) is 78.1 Å². The van der Waals surface area contributed by atoms with Gasteiger partial charge in [0.05, 0.1) is 11.4 Å². The molecule has 15 heavy (non-hydrogen) atoms. The smallest absolute Gasteiger partial charge is 0.0587 e. The average molecular weight is 203 g/mol. The first-order chi connectivity index (χ1) is 7.11. The van der Waals surface area contributed by atoms with Crippen LogP contribution in [-0.2, 0) is 12.8 Å². The van der Waals surface area contributed by atoms with Crippen LogP contribution in [0.1, 0.15) is 11.1 Å². The molecule has 0 aliphatic heterocycles. The Morgan fingerprint density at radius 3 is 2.00 bits per heavy atom. The van der Waals surface area contributed by atoms with Crippen LogP contribution in [0.4, 0.5) is 17.1 Å². The number of allylic oxidation sites excluding steroid dienone is 2. The zero-order chi connectivity index (χ0) is 11.4. The summed E-state index contributed by atoms with van der Waals surface area (Å²) in [5.74, 6) is 0. The molecule has 0 fully saturated rings. The van der Waals surface area contributed by atoms with Crippen LogP contribution in [0, 0.1) is 0 Å². The Bertz CT molecular complexity index is 394. The molecule has 0 aliphatic rings. The Kier molecular flexibility index (Phi) is 3.39. The van der Waals surface area contributed by atoms with Gasteiger partial charge < -0.3 is 17.2 Å². The molecule has 6 N–H and O–H groups in total. The van der Waals surface area contributed by atoms with Crippen LogP contribution >= 0.6 is 0 Å². The molecule has 1 aromatic rings. The minimum absolute atomic E-state index is 0.525. The number of hydrogen-bond acceptors (Lipinski definition) is 3. The fourth-order valence-electron chi connectivity index (χ4n) is 1.61. The van der Waals surface area contributed by atoms with Crippen molar-refractivity contribution in [1.82, 2.24) is 0 Å². The first-order valence-corrected chi connectivity index (χ1v) is 4.78. The Hall–Kier alpha value is -1.90. The molecule has 0 radical (unpaired) electrons. The highest BCUT2D eigenvalue weighted by Gasteiger charge is 2.10. The standard InChI is InChI=1S/C12H17N3/c1-3-5-8-9(6-4-2)12(15)11(14)7-10(8)13/h3-4,7H,1-2,5-6,13-15H2. The van der Waals surface area contributed by atoms with Crippen molar-refractivity contribution in [2.75, 3.05) is 17.2 Å². The van der Waals surface area contributed by atoms with E-state index in [1.54, 1.807) is 18.2 Å². The summed E-state index contributed by atoms with van der Waals surface area (Å²) in [6, 6.07) is 1.70. The number of nitrogens with two attached hydrogens (primary N) is 3. The summed E-state index contributed by atoms with van der Waals surface area (Å²) in [5, 5.41) is 0. The number of nitrogen functional groups attached to an aromatic ring is 3. The largest absolute Gasteiger partial charge is 0.398 e. The summed E-state index contributed by atoms with van der Waals surface area (Å²) in [5.41, 5.74) is 21.3. The predicted octanol–water partition coefficient (Wildman–Crippen LogP) is 1.89. The molecule has 0 atom stereocenters. The van der Waals surface area contributed by atoms with Crippen molar-refractivity contribution in [3.8, 4) is 0 Å². The normalized spacial score (nSPS) is 9.87.